The minimum Gasteiger partial charge on any atom is -0.487 e. The second-order valence-corrected chi connectivity index (χ2v) is 5.19. The number of nitrogens with two attached hydrogens (primary N) is 1. The highest BCUT2D eigenvalue weighted by molar-refractivity contribution is 6.31. The van der Waals surface area contributed by atoms with Gasteiger partial charge in [-0.1, -0.05) is 37.6 Å². The molecule has 0 aliphatic heterocycles. The monoisotopic (exact) mass is 291 g/mol. The molecule has 106 valence electrons. The zero-order valence-electron chi connectivity index (χ0n) is 11.6. The number of anilines is 1. The molecule has 1 aromatic heterocycles. The zero-order chi connectivity index (χ0) is 14.5. The Morgan fingerprint density at radius 3 is 2.50 bits per heavy atom. The van der Waals surface area contributed by atoms with Crippen LogP contribution in [0.1, 0.15) is 31.0 Å². The maximum absolute atomic E-state index is 6.08. The van der Waals surface area contributed by atoms with E-state index in [9.17, 15) is 0 Å². The normalized spacial score (nSPS) is 10.7. The van der Waals surface area contributed by atoms with Crippen LogP contribution in [0.2, 0.25) is 5.02 Å². The highest BCUT2D eigenvalue weighted by Gasteiger charge is 2.05. The van der Waals surface area contributed by atoms with Crippen LogP contribution in [0.25, 0.3) is 0 Å². The van der Waals surface area contributed by atoms with Gasteiger partial charge in [0, 0.05) is 0 Å². The summed E-state index contributed by atoms with van der Waals surface area (Å²) in [4.78, 5) is 4.26. The van der Waals surface area contributed by atoms with Crippen LogP contribution in [0.5, 0.6) is 5.75 Å². The smallest absolute Gasteiger partial charge is 0.140 e. The molecule has 4 nitrogen and oxygen atoms in total. The fourth-order valence-electron chi connectivity index (χ4n) is 1.77. The molecule has 0 bridgehead atoms. The molecule has 0 radical (unpaired) electrons. The van der Waals surface area contributed by atoms with Crippen LogP contribution >= 0.6 is 11.6 Å². The summed E-state index contributed by atoms with van der Waals surface area (Å²) in [5.74, 6) is 7.18. The lowest BCUT2D eigenvalue weighted by Crippen LogP contribution is -2.10. The number of ether oxygens (including phenoxy) is 1. The number of hydrogen-bond donors (Lipinski definition) is 2. The highest BCUT2D eigenvalue weighted by Crippen LogP contribution is 2.21. The topological polar surface area (TPSA) is 60.2 Å². The van der Waals surface area contributed by atoms with Gasteiger partial charge in [0.25, 0.3) is 0 Å². The molecule has 1 heterocycles. The molecule has 20 heavy (non-hydrogen) atoms. The number of aromatic nitrogens is 1. The average Bonchev–Trinajstić information content (AvgIpc) is 2.47. The van der Waals surface area contributed by atoms with Crippen molar-refractivity contribution >= 4 is 17.4 Å². The molecule has 2 rings (SSSR count). The Labute approximate surface area is 123 Å². The maximum atomic E-state index is 6.08. The van der Waals surface area contributed by atoms with Gasteiger partial charge in [-0.05, 0) is 35.7 Å². The molecule has 2 aromatic rings. The van der Waals surface area contributed by atoms with Crippen molar-refractivity contribution in [2.45, 2.75) is 26.4 Å². The van der Waals surface area contributed by atoms with Crippen molar-refractivity contribution in [1.82, 2.24) is 4.98 Å². The van der Waals surface area contributed by atoms with Crippen LogP contribution in [0.4, 0.5) is 5.82 Å². The average molecular weight is 292 g/mol. The van der Waals surface area contributed by atoms with Crippen LogP contribution in [0, 0.1) is 0 Å². The minimum atomic E-state index is 0.301. The summed E-state index contributed by atoms with van der Waals surface area (Å²) in [6.45, 7) is 4.62. The van der Waals surface area contributed by atoms with Gasteiger partial charge in [0.15, 0.2) is 0 Å². The van der Waals surface area contributed by atoms with Crippen molar-refractivity contribution < 1.29 is 4.74 Å². The van der Waals surface area contributed by atoms with E-state index in [4.69, 9.17) is 22.2 Å². The van der Waals surface area contributed by atoms with E-state index in [1.165, 1.54) is 5.56 Å². The third-order valence-corrected chi connectivity index (χ3v) is 3.33. The third-order valence-electron chi connectivity index (χ3n) is 2.99. The van der Waals surface area contributed by atoms with E-state index < -0.39 is 0 Å². The third kappa shape index (κ3) is 3.62. The van der Waals surface area contributed by atoms with Crippen molar-refractivity contribution in [3.8, 4) is 5.75 Å². The molecule has 0 fully saturated rings. The first-order valence-corrected chi connectivity index (χ1v) is 6.82. The molecular formula is C15H18ClN3O. The highest BCUT2D eigenvalue weighted by atomic mass is 35.5. The Bertz CT molecular complexity index is 570. The van der Waals surface area contributed by atoms with Gasteiger partial charge in [-0.25, -0.2) is 10.8 Å². The predicted octanol–water partition coefficient (Wildman–Crippen LogP) is 3.72. The van der Waals surface area contributed by atoms with E-state index in [0.717, 1.165) is 5.75 Å². The summed E-state index contributed by atoms with van der Waals surface area (Å²) in [5, 5.41) is 0.558. The molecule has 0 saturated carbocycles. The number of benzene rings is 1. The maximum Gasteiger partial charge on any atom is 0.140 e. The van der Waals surface area contributed by atoms with Crippen molar-refractivity contribution in [2.75, 3.05) is 5.43 Å². The number of halogens is 1. The first kappa shape index (κ1) is 14.6. The van der Waals surface area contributed by atoms with Gasteiger partial charge >= 0.3 is 0 Å². The van der Waals surface area contributed by atoms with Gasteiger partial charge in [-0.3, -0.25) is 0 Å². The number of pyridine rings is 1. The fourth-order valence-corrected chi connectivity index (χ4v) is 1.93. The second-order valence-electron chi connectivity index (χ2n) is 4.78. The molecule has 0 amide bonds. The molecule has 1 aromatic carbocycles. The lowest BCUT2D eigenvalue weighted by Gasteiger charge is -2.10. The SMILES string of the molecule is CC(C)c1ccc(OCc2nc(NN)ccc2Cl)cc1. The minimum absolute atomic E-state index is 0.301. The molecule has 0 saturated heterocycles. The number of nitrogens with zero attached hydrogens (tertiary/aromatic N) is 1. The van der Waals surface area contributed by atoms with E-state index in [1.54, 1.807) is 12.1 Å². The van der Waals surface area contributed by atoms with Crippen molar-refractivity contribution in [2.24, 2.45) is 5.84 Å². The summed E-state index contributed by atoms with van der Waals surface area (Å²) in [5.41, 5.74) is 4.42. The first-order chi connectivity index (χ1) is 9.60. The first-order valence-electron chi connectivity index (χ1n) is 6.45. The molecule has 3 N–H and O–H groups in total. The van der Waals surface area contributed by atoms with E-state index in [-0.39, 0.29) is 0 Å². The van der Waals surface area contributed by atoms with Crippen LogP contribution in [0.15, 0.2) is 36.4 Å². The number of hydrazine groups is 1. The van der Waals surface area contributed by atoms with Crippen molar-refractivity contribution in [3.63, 3.8) is 0 Å². The van der Waals surface area contributed by atoms with Crippen molar-refractivity contribution in [1.29, 1.82) is 0 Å². The largest absolute Gasteiger partial charge is 0.487 e. The van der Waals surface area contributed by atoms with Crippen molar-refractivity contribution in [3.05, 3.63) is 52.7 Å². The lowest BCUT2D eigenvalue weighted by atomic mass is 10.0. The van der Waals surface area contributed by atoms with Gasteiger partial charge in [0.05, 0.1) is 10.7 Å². The van der Waals surface area contributed by atoms with Crippen LogP contribution in [0.3, 0.4) is 0 Å². The standard InChI is InChI=1S/C15H18ClN3O/c1-10(2)11-3-5-12(6-4-11)20-9-14-13(16)7-8-15(18-14)19-17/h3-8,10H,9,17H2,1-2H3,(H,18,19). The molecule has 0 atom stereocenters. The van der Waals surface area contributed by atoms with Gasteiger partial charge in [-0.15, -0.1) is 0 Å². The lowest BCUT2D eigenvalue weighted by molar-refractivity contribution is 0.301. The fraction of sp³-hybridized carbons (Fsp3) is 0.267. The molecule has 5 heteroatoms. The van der Waals surface area contributed by atoms with E-state index in [1.807, 2.05) is 12.1 Å². The Balaban J connectivity index is 2.04. The molecule has 0 aliphatic rings. The molecule has 0 aliphatic carbocycles. The Morgan fingerprint density at radius 1 is 1.20 bits per heavy atom. The molecule has 0 unspecified atom stereocenters. The van der Waals surface area contributed by atoms with Gasteiger partial charge in [-0.2, -0.15) is 0 Å². The summed E-state index contributed by atoms with van der Waals surface area (Å²) in [6, 6.07) is 11.5. The Hall–Kier alpha value is -1.78. The van der Waals surface area contributed by atoms with Gasteiger partial charge in [0.1, 0.15) is 18.2 Å². The second kappa shape index (κ2) is 6.59. The summed E-state index contributed by atoms with van der Waals surface area (Å²) in [7, 11) is 0. The van der Waals surface area contributed by atoms with Gasteiger partial charge in [0.2, 0.25) is 0 Å². The van der Waals surface area contributed by atoms with Crippen LogP contribution in [-0.2, 0) is 6.61 Å². The van der Waals surface area contributed by atoms with Crippen LogP contribution < -0.4 is 16.0 Å². The number of nitrogen functional groups attached to an aromatic ring is 1. The van der Waals surface area contributed by atoms with E-state index in [2.05, 4.69) is 36.4 Å². The van der Waals surface area contributed by atoms with E-state index in [0.29, 0.717) is 29.1 Å². The number of hydrogen-bond acceptors (Lipinski definition) is 4. The van der Waals surface area contributed by atoms with Crippen LogP contribution in [-0.4, -0.2) is 4.98 Å². The predicted molar refractivity (Wildman–Crippen MR) is 81.9 cm³/mol. The summed E-state index contributed by atoms with van der Waals surface area (Å²) >= 11 is 6.08. The van der Waals surface area contributed by atoms with E-state index >= 15 is 0 Å². The molecular weight excluding hydrogens is 274 g/mol. The number of nitrogens with one attached hydrogen (secondary N) is 1. The van der Waals surface area contributed by atoms with Gasteiger partial charge < -0.3 is 10.2 Å². The summed E-state index contributed by atoms with van der Waals surface area (Å²) < 4.78 is 5.69. The molecule has 0 spiro atoms. The Morgan fingerprint density at radius 2 is 1.90 bits per heavy atom. The Kier molecular flexibility index (Phi) is 4.82. The number of rotatable bonds is 5. The summed E-state index contributed by atoms with van der Waals surface area (Å²) in [6.07, 6.45) is 0. The quantitative estimate of drug-likeness (QED) is 0.651. The zero-order valence-corrected chi connectivity index (χ0v) is 12.3.